The number of rotatable bonds is 5. The number of carbonyl (C=O) groups is 3. The molecule has 2 aliphatic heterocycles. The number of hydrogen-bond donors (Lipinski definition) is 3. The topological polar surface area (TPSA) is 161 Å². The molecule has 1 aromatic carbocycles. The highest BCUT2D eigenvalue weighted by Gasteiger charge is 2.31. The van der Waals surface area contributed by atoms with Crippen LogP contribution in [0.4, 0.5) is 36.0 Å². The molecule has 0 spiro atoms. The molecule has 3 amide bonds. The maximum Gasteiger partial charge on any atom is 0.413 e. The van der Waals surface area contributed by atoms with Gasteiger partial charge in [0.2, 0.25) is 5.88 Å². The first-order valence-corrected chi connectivity index (χ1v) is 14.2. The van der Waals surface area contributed by atoms with Gasteiger partial charge in [-0.05, 0) is 50.3 Å². The van der Waals surface area contributed by atoms with E-state index in [1.165, 1.54) is 24.5 Å². The van der Waals surface area contributed by atoms with Gasteiger partial charge in [0.05, 0.1) is 25.4 Å². The molecule has 0 unspecified atom stereocenters. The van der Waals surface area contributed by atoms with Crippen molar-refractivity contribution in [2.75, 3.05) is 41.9 Å². The molecule has 234 valence electrons. The average molecular weight is 612 g/mol. The monoisotopic (exact) mass is 611 g/mol. The summed E-state index contributed by atoms with van der Waals surface area (Å²) in [5.41, 5.74) is -0.0172. The standard InChI is InChI=1S/C30H34FN5O8/c1-6-17-20(12-33-26-25(17)36(29(39)40)7-8-42-26)18-9-16-10-22(34-27(37)43-21-14-41-13-15(21)2)32-11-19(16)24(23(18)31)35-28(38)44-30(3,4)5/h9-12,15,21H,6-8,13-14H2,1-5H3,(H,35,38)(H,39,40)(H,32,34,37)/t15-,21-/m0/s1. The van der Waals surface area contributed by atoms with Gasteiger partial charge in [0.15, 0.2) is 5.82 Å². The van der Waals surface area contributed by atoms with E-state index in [4.69, 9.17) is 18.9 Å². The summed E-state index contributed by atoms with van der Waals surface area (Å²) in [6, 6.07) is 3.03. The largest absolute Gasteiger partial charge is 0.474 e. The van der Waals surface area contributed by atoms with Crippen LogP contribution in [-0.2, 0) is 20.6 Å². The minimum absolute atomic E-state index is 0.0308. The quantitative estimate of drug-likeness (QED) is 0.321. The number of amides is 3. The second kappa shape index (κ2) is 12.1. The summed E-state index contributed by atoms with van der Waals surface area (Å²) < 4.78 is 38.3. The van der Waals surface area contributed by atoms with E-state index in [-0.39, 0.29) is 53.1 Å². The van der Waals surface area contributed by atoms with Gasteiger partial charge in [-0.2, -0.15) is 0 Å². The van der Waals surface area contributed by atoms with Crippen molar-refractivity contribution in [3.8, 4) is 17.0 Å². The number of carbonyl (C=O) groups excluding carboxylic acids is 2. The fraction of sp³-hybridized carbons (Fsp3) is 0.433. The molecular formula is C30H34FN5O8. The number of nitrogens with one attached hydrogen (secondary N) is 2. The van der Waals surface area contributed by atoms with Crippen molar-refractivity contribution in [1.29, 1.82) is 0 Å². The molecule has 44 heavy (non-hydrogen) atoms. The second-order valence-corrected chi connectivity index (χ2v) is 11.6. The normalized spacial score (nSPS) is 17.9. The van der Waals surface area contributed by atoms with Crippen molar-refractivity contribution in [2.45, 2.75) is 52.7 Å². The molecule has 2 atom stereocenters. The molecule has 4 heterocycles. The van der Waals surface area contributed by atoms with E-state index in [1.807, 2.05) is 6.92 Å². The molecule has 3 aromatic rings. The molecule has 2 aromatic heterocycles. The molecule has 1 fully saturated rings. The van der Waals surface area contributed by atoms with E-state index in [0.717, 1.165) is 4.90 Å². The van der Waals surface area contributed by atoms with Gasteiger partial charge < -0.3 is 24.1 Å². The summed E-state index contributed by atoms with van der Waals surface area (Å²) in [7, 11) is 0. The Balaban J connectivity index is 1.62. The minimum atomic E-state index is -1.19. The van der Waals surface area contributed by atoms with Crippen molar-refractivity contribution in [3.05, 3.63) is 35.9 Å². The Hall–Kier alpha value is -4.72. The number of hydrogen-bond acceptors (Lipinski definition) is 9. The van der Waals surface area contributed by atoms with Crippen LogP contribution in [0.2, 0.25) is 0 Å². The van der Waals surface area contributed by atoms with Gasteiger partial charge in [-0.25, -0.2) is 28.7 Å². The number of pyridine rings is 2. The molecule has 0 radical (unpaired) electrons. The number of anilines is 3. The van der Waals surface area contributed by atoms with Gasteiger partial charge in [-0.15, -0.1) is 0 Å². The van der Waals surface area contributed by atoms with Crippen LogP contribution in [0.1, 0.15) is 40.2 Å². The van der Waals surface area contributed by atoms with E-state index in [0.29, 0.717) is 36.1 Å². The summed E-state index contributed by atoms with van der Waals surface area (Å²) in [5, 5.41) is 15.6. The fourth-order valence-corrected chi connectivity index (χ4v) is 5.16. The van der Waals surface area contributed by atoms with Crippen LogP contribution >= 0.6 is 0 Å². The van der Waals surface area contributed by atoms with E-state index >= 15 is 4.39 Å². The van der Waals surface area contributed by atoms with E-state index in [1.54, 1.807) is 27.7 Å². The zero-order valence-electron chi connectivity index (χ0n) is 25.0. The van der Waals surface area contributed by atoms with Gasteiger partial charge in [0.1, 0.15) is 29.8 Å². The van der Waals surface area contributed by atoms with Gasteiger partial charge in [0.25, 0.3) is 0 Å². The lowest BCUT2D eigenvalue weighted by atomic mass is 9.94. The molecule has 0 aliphatic carbocycles. The number of nitrogens with zero attached hydrogens (tertiary/aromatic N) is 3. The van der Waals surface area contributed by atoms with Crippen LogP contribution in [-0.4, -0.2) is 71.4 Å². The summed E-state index contributed by atoms with van der Waals surface area (Å²) >= 11 is 0. The Morgan fingerprint density at radius 1 is 1.11 bits per heavy atom. The molecular weight excluding hydrogens is 577 g/mol. The van der Waals surface area contributed by atoms with Crippen LogP contribution < -0.4 is 20.3 Å². The maximum absolute atomic E-state index is 16.5. The lowest BCUT2D eigenvalue weighted by Crippen LogP contribution is -2.38. The van der Waals surface area contributed by atoms with Crippen molar-refractivity contribution in [1.82, 2.24) is 9.97 Å². The van der Waals surface area contributed by atoms with Crippen molar-refractivity contribution in [3.63, 3.8) is 0 Å². The third-order valence-corrected chi connectivity index (χ3v) is 7.20. The predicted octanol–water partition coefficient (Wildman–Crippen LogP) is 5.81. The lowest BCUT2D eigenvalue weighted by molar-refractivity contribution is 0.0635. The van der Waals surface area contributed by atoms with Gasteiger partial charge >= 0.3 is 18.3 Å². The molecule has 5 rings (SSSR count). The number of benzene rings is 1. The molecule has 1 saturated heterocycles. The summed E-state index contributed by atoms with van der Waals surface area (Å²) in [6.45, 7) is 9.74. The SMILES string of the molecule is CCc1c(-c2cc3cc(NC(=O)O[C@H]4COC[C@@H]4C)ncc3c(NC(=O)OC(C)(C)C)c2F)cnc2c1N(C(=O)O)CCO2. The van der Waals surface area contributed by atoms with Crippen LogP contribution in [0.3, 0.4) is 0 Å². The fourth-order valence-electron chi connectivity index (χ4n) is 5.16. The summed E-state index contributed by atoms with van der Waals surface area (Å²) in [4.78, 5) is 47.2. The first-order chi connectivity index (χ1) is 20.9. The Labute approximate surface area is 252 Å². The van der Waals surface area contributed by atoms with Crippen molar-refractivity contribution in [2.24, 2.45) is 5.92 Å². The van der Waals surface area contributed by atoms with Gasteiger partial charge in [-0.3, -0.25) is 15.5 Å². The Morgan fingerprint density at radius 3 is 2.55 bits per heavy atom. The van der Waals surface area contributed by atoms with E-state index in [2.05, 4.69) is 20.6 Å². The Bertz CT molecular complexity index is 1630. The maximum atomic E-state index is 16.5. The summed E-state index contributed by atoms with van der Waals surface area (Å²) in [5.74, 6) is -0.517. The van der Waals surface area contributed by atoms with Crippen molar-refractivity contribution < 1.29 is 42.8 Å². The third kappa shape index (κ3) is 6.30. The molecule has 0 saturated carbocycles. The van der Waals surface area contributed by atoms with E-state index < -0.39 is 35.8 Å². The minimum Gasteiger partial charge on any atom is -0.474 e. The molecule has 14 heteroatoms. The first kappa shape index (κ1) is 30.7. The molecule has 13 nitrogen and oxygen atoms in total. The Kier molecular flexibility index (Phi) is 8.46. The number of aromatic nitrogens is 2. The second-order valence-electron chi connectivity index (χ2n) is 11.6. The van der Waals surface area contributed by atoms with E-state index in [9.17, 15) is 19.5 Å². The predicted molar refractivity (Wildman–Crippen MR) is 159 cm³/mol. The highest BCUT2D eigenvalue weighted by atomic mass is 19.1. The zero-order chi connectivity index (χ0) is 31.8. The van der Waals surface area contributed by atoms with Gasteiger partial charge in [0, 0.05) is 34.8 Å². The third-order valence-electron chi connectivity index (χ3n) is 7.20. The average Bonchev–Trinajstić information content (AvgIpc) is 3.35. The highest BCUT2D eigenvalue weighted by Crippen LogP contribution is 2.43. The lowest BCUT2D eigenvalue weighted by Gasteiger charge is -2.29. The number of fused-ring (bicyclic) bond motifs is 2. The number of halogens is 1. The Morgan fingerprint density at radius 2 is 1.89 bits per heavy atom. The number of carboxylic acid groups (broad SMARTS) is 1. The van der Waals surface area contributed by atoms with Gasteiger partial charge in [-0.1, -0.05) is 13.8 Å². The number of ether oxygens (including phenoxy) is 4. The summed E-state index contributed by atoms with van der Waals surface area (Å²) in [6.07, 6.45) is -0.170. The van der Waals surface area contributed by atoms with Crippen LogP contribution in [0.5, 0.6) is 5.88 Å². The first-order valence-electron chi connectivity index (χ1n) is 14.2. The van der Waals surface area contributed by atoms with Crippen LogP contribution in [0, 0.1) is 11.7 Å². The zero-order valence-corrected chi connectivity index (χ0v) is 25.0. The molecule has 0 bridgehead atoms. The smallest absolute Gasteiger partial charge is 0.413 e. The van der Waals surface area contributed by atoms with Crippen LogP contribution in [0.25, 0.3) is 21.9 Å². The van der Waals surface area contributed by atoms with Crippen LogP contribution in [0.15, 0.2) is 24.5 Å². The van der Waals surface area contributed by atoms with Crippen molar-refractivity contribution >= 4 is 46.2 Å². The molecule has 2 aliphatic rings. The highest BCUT2D eigenvalue weighted by molar-refractivity contribution is 6.05. The molecule has 3 N–H and O–H groups in total.